The molecule has 0 saturated carbocycles. The van der Waals surface area contributed by atoms with Crippen LogP contribution in [0.5, 0.6) is 0 Å². The van der Waals surface area contributed by atoms with Gasteiger partial charge in [0.1, 0.15) is 0 Å². The van der Waals surface area contributed by atoms with E-state index in [1.165, 1.54) is 16.9 Å². The van der Waals surface area contributed by atoms with Gasteiger partial charge in [-0.15, -0.1) is 11.3 Å². The number of hydrogen-bond donors (Lipinski definition) is 1. The van der Waals surface area contributed by atoms with Crippen molar-refractivity contribution >= 4 is 44.3 Å². The van der Waals surface area contributed by atoms with Crippen LogP contribution < -0.4 is 4.72 Å². The van der Waals surface area contributed by atoms with Crippen molar-refractivity contribution in [2.24, 2.45) is 0 Å². The van der Waals surface area contributed by atoms with E-state index in [4.69, 9.17) is 11.6 Å². The molecular weight excluding hydrogens is 336 g/mol. The number of halogens is 1. The minimum Gasteiger partial charge on any atom is -0.229 e. The summed E-state index contributed by atoms with van der Waals surface area (Å²) in [7, 11) is -3.53. The summed E-state index contributed by atoms with van der Waals surface area (Å²) in [5.74, 6) is 0. The van der Waals surface area contributed by atoms with Crippen molar-refractivity contribution in [3.63, 3.8) is 0 Å². The van der Waals surface area contributed by atoms with E-state index in [1.54, 1.807) is 18.3 Å². The second kappa shape index (κ2) is 5.38. The number of thiazole rings is 1. The number of sulfonamides is 1. The molecule has 0 fully saturated rings. The molecule has 0 unspecified atom stereocenters. The maximum Gasteiger partial charge on any atom is 0.252 e. The summed E-state index contributed by atoms with van der Waals surface area (Å²) in [4.78, 5) is 6.40. The molecule has 8 heteroatoms. The standard InChI is InChI=1S/C12H13ClN2O2S3/c1-7-11(19-12(13)15-7)20(16,17)14-6-9-5-8-3-2-4-10(8)18-9/h5,14H,2-4,6H2,1H3. The minimum absolute atomic E-state index is 0.201. The number of nitrogens with zero attached hydrogens (tertiary/aromatic N) is 1. The molecule has 2 aromatic heterocycles. The lowest BCUT2D eigenvalue weighted by atomic mass is 10.2. The van der Waals surface area contributed by atoms with Gasteiger partial charge in [-0.05, 0) is 37.8 Å². The Balaban J connectivity index is 1.75. The van der Waals surface area contributed by atoms with Crippen molar-refractivity contribution in [1.82, 2.24) is 9.71 Å². The number of nitrogens with one attached hydrogen (secondary N) is 1. The average Bonchev–Trinajstić information content (AvgIpc) is 3.00. The zero-order valence-electron chi connectivity index (χ0n) is 10.8. The quantitative estimate of drug-likeness (QED) is 0.923. The van der Waals surface area contributed by atoms with Crippen LogP contribution in [0.1, 0.15) is 27.4 Å². The summed E-state index contributed by atoms with van der Waals surface area (Å²) in [6, 6.07) is 2.11. The third kappa shape index (κ3) is 2.78. The summed E-state index contributed by atoms with van der Waals surface area (Å²) in [5, 5.41) is 0. The molecule has 0 aromatic carbocycles. The van der Waals surface area contributed by atoms with Crippen molar-refractivity contribution < 1.29 is 8.42 Å². The molecule has 1 aliphatic rings. The summed E-state index contributed by atoms with van der Waals surface area (Å²) >= 11 is 8.45. The Labute approximate surface area is 130 Å². The Bertz CT molecular complexity index is 727. The maximum atomic E-state index is 12.2. The Morgan fingerprint density at radius 2 is 2.20 bits per heavy atom. The van der Waals surface area contributed by atoms with Crippen LogP contribution in [0.15, 0.2) is 10.3 Å². The first kappa shape index (κ1) is 14.5. The van der Waals surface area contributed by atoms with E-state index in [-0.39, 0.29) is 8.68 Å². The van der Waals surface area contributed by atoms with Crippen LogP contribution in [0, 0.1) is 6.92 Å². The monoisotopic (exact) mass is 348 g/mol. The van der Waals surface area contributed by atoms with Crippen molar-refractivity contribution in [2.45, 2.75) is 36.9 Å². The molecule has 3 rings (SSSR count). The molecule has 0 amide bonds. The molecule has 1 N–H and O–H groups in total. The lowest BCUT2D eigenvalue weighted by molar-refractivity contribution is 0.583. The fraction of sp³-hybridized carbons (Fsp3) is 0.417. The summed E-state index contributed by atoms with van der Waals surface area (Å²) < 4.78 is 27.5. The van der Waals surface area contributed by atoms with Crippen LogP contribution in [-0.2, 0) is 29.4 Å². The molecular formula is C12H13ClN2O2S3. The van der Waals surface area contributed by atoms with E-state index >= 15 is 0 Å². The molecule has 108 valence electrons. The van der Waals surface area contributed by atoms with Gasteiger partial charge in [0.2, 0.25) is 0 Å². The molecule has 2 aromatic rings. The first-order chi connectivity index (χ1) is 9.45. The van der Waals surface area contributed by atoms with Gasteiger partial charge in [0.25, 0.3) is 10.0 Å². The highest BCUT2D eigenvalue weighted by Crippen LogP contribution is 2.31. The smallest absolute Gasteiger partial charge is 0.229 e. The number of fused-ring (bicyclic) bond motifs is 1. The third-order valence-corrected chi connectivity index (χ3v) is 7.72. The van der Waals surface area contributed by atoms with Gasteiger partial charge in [0, 0.05) is 16.3 Å². The number of thiophene rings is 1. The first-order valence-electron chi connectivity index (χ1n) is 6.19. The van der Waals surface area contributed by atoms with E-state index in [9.17, 15) is 8.42 Å². The van der Waals surface area contributed by atoms with Gasteiger partial charge in [-0.1, -0.05) is 22.9 Å². The lowest BCUT2D eigenvalue weighted by Gasteiger charge is -2.03. The second-order valence-corrected chi connectivity index (χ2v) is 9.44. The third-order valence-electron chi connectivity index (χ3n) is 3.21. The first-order valence-corrected chi connectivity index (χ1v) is 9.68. The van der Waals surface area contributed by atoms with Crippen LogP contribution in [0.2, 0.25) is 4.47 Å². The fourth-order valence-electron chi connectivity index (χ4n) is 2.31. The van der Waals surface area contributed by atoms with E-state index in [2.05, 4.69) is 15.8 Å². The van der Waals surface area contributed by atoms with Crippen LogP contribution >= 0.6 is 34.3 Å². The number of aryl methyl sites for hydroxylation is 3. The van der Waals surface area contributed by atoms with Gasteiger partial charge < -0.3 is 0 Å². The Morgan fingerprint density at radius 1 is 1.40 bits per heavy atom. The van der Waals surface area contributed by atoms with Crippen LogP contribution in [0.4, 0.5) is 0 Å². The van der Waals surface area contributed by atoms with Gasteiger partial charge >= 0.3 is 0 Å². The van der Waals surface area contributed by atoms with Crippen molar-refractivity contribution in [3.8, 4) is 0 Å². The Kier molecular flexibility index (Phi) is 3.89. The highest BCUT2D eigenvalue weighted by molar-refractivity contribution is 7.91. The molecule has 20 heavy (non-hydrogen) atoms. The summed E-state index contributed by atoms with van der Waals surface area (Å²) in [6.07, 6.45) is 3.45. The van der Waals surface area contributed by atoms with Crippen LogP contribution in [0.25, 0.3) is 0 Å². The highest BCUT2D eigenvalue weighted by Gasteiger charge is 2.22. The largest absolute Gasteiger partial charge is 0.252 e. The molecule has 1 aliphatic carbocycles. The normalized spacial score (nSPS) is 14.7. The van der Waals surface area contributed by atoms with Gasteiger partial charge in [0.05, 0.1) is 5.69 Å². The zero-order valence-corrected chi connectivity index (χ0v) is 14.0. The van der Waals surface area contributed by atoms with Gasteiger partial charge in [0.15, 0.2) is 8.68 Å². The van der Waals surface area contributed by atoms with Gasteiger partial charge in [-0.3, -0.25) is 0 Å². The SMILES string of the molecule is Cc1nc(Cl)sc1S(=O)(=O)NCc1cc2c(s1)CCC2. The average molecular weight is 349 g/mol. The molecule has 0 bridgehead atoms. The molecule has 4 nitrogen and oxygen atoms in total. The van der Waals surface area contributed by atoms with E-state index in [0.717, 1.165) is 29.1 Å². The molecule has 2 heterocycles. The van der Waals surface area contributed by atoms with Gasteiger partial charge in [-0.2, -0.15) is 0 Å². The Hall–Kier alpha value is -0.470. The van der Waals surface area contributed by atoms with Crippen molar-refractivity contribution in [1.29, 1.82) is 0 Å². The lowest BCUT2D eigenvalue weighted by Crippen LogP contribution is -2.22. The van der Waals surface area contributed by atoms with Crippen molar-refractivity contribution in [2.75, 3.05) is 0 Å². The Morgan fingerprint density at radius 3 is 2.85 bits per heavy atom. The number of hydrogen-bond acceptors (Lipinski definition) is 5. The minimum atomic E-state index is -3.53. The van der Waals surface area contributed by atoms with Crippen LogP contribution in [-0.4, -0.2) is 13.4 Å². The summed E-state index contributed by atoms with van der Waals surface area (Å²) in [5.41, 5.74) is 1.82. The van der Waals surface area contributed by atoms with Gasteiger partial charge in [-0.25, -0.2) is 18.1 Å². The van der Waals surface area contributed by atoms with E-state index in [0.29, 0.717) is 12.2 Å². The second-order valence-electron chi connectivity index (χ2n) is 4.68. The van der Waals surface area contributed by atoms with E-state index < -0.39 is 10.0 Å². The predicted molar refractivity (Wildman–Crippen MR) is 82.2 cm³/mol. The summed E-state index contributed by atoms with van der Waals surface area (Å²) in [6.45, 7) is 1.98. The van der Waals surface area contributed by atoms with E-state index in [1.807, 2.05) is 0 Å². The fourth-order valence-corrected chi connectivity index (χ4v) is 6.39. The van der Waals surface area contributed by atoms with Crippen molar-refractivity contribution in [3.05, 3.63) is 31.5 Å². The topological polar surface area (TPSA) is 59.1 Å². The zero-order chi connectivity index (χ0) is 14.3. The molecule has 0 atom stereocenters. The molecule has 0 spiro atoms. The molecule has 0 aliphatic heterocycles. The maximum absolute atomic E-state index is 12.2. The number of aromatic nitrogens is 1. The molecule has 0 radical (unpaired) electrons. The van der Waals surface area contributed by atoms with Crippen LogP contribution in [0.3, 0.4) is 0 Å². The number of rotatable bonds is 4. The highest BCUT2D eigenvalue weighted by atomic mass is 35.5. The molecule has 0 saturated heterocycles. The predicted octanol–water partition coefficient (Wildman–Crippen LogP) is 3.13.